The van der Waals surface area contributed by atoms with Gasteiger partial charge in [-0.25, -0.2) is 4.98 Å². The minimum absolute atomic E-state index is 0.0968. The topological polar surface area (TPSA) is 84.2 Å². The molecular formula is C20H20F3N3O3S. The number of rotatable bonds is 8. The lowest BCUT2D eigenvalue weighted by Gasteiger charge is -2.15. The van der Waals surface area contributed by atoms with Crippen molar-refractivity contribution < 1.29 is 27.4 Å². The van der Waals surface area contributed by atoms with Crippen LogP contribution < -0.4 is 10.1 Å². The van der Waals surface area contributed by atoms with Gasteiger partial charge in [0.25, 0.3) is 0 Å². The fourth-order valence-electron chi connectivity index (χ4n) is 2.53. The number of nitrogens with one attached hydrogen (secondary N) is 1. The van der Waals surface area contributed by atoms with Gasteiger partial charge >= 0.3 is 6.18 Å². The molecule has 0 radical (unpaired) electrons. The summed E-state index contributed by atoms with van der Waals surface area (Å²) in [6, 6.07) is 6.67. The average molecular weight is 439 g/mol. The molecule has 0 bridgehead atoms. The van der Waals surface area contributed by atoms with E-state index in [1.54, 1.807) is 19.9 Å². The average Bonchev–Trinajstić information content (AvgIpc) is 2.66. The van der Waals surface area contributed by atoms with E-state index in [0.29, 0.717) is 16.3 Å². The second kappa shape index (κ2) is 10.3. The third-order valence-corrected chi connectivity index (χ3v) is 4.86. The molecule has 30 heavy (non-hydrogen) atoms. The lowest BCUT2D eigenvalue weighted by molar-refractivity contribution is -0.137. The number of nitrogens with zero attached hydrogens (tertiary/aromatic N) is 2. The van der Waals surface area contributed by atoms with E-state index in [0.717, 1.165) is 35.5 Å². The molecule has 2 aromatic rings. The second-order valence-corrected chi connectivity index (χ2v) is 7.22. The Morgan fingerprint density at radius 2 is 2.00 bits per heavy atom. The van der Waals surface area contributed by atoms with Crippen LogP contribution in [0.25, 0.3) is 0 Å². The highest BCUT2D eigenvalue weighted by Crippen LogP contribution is 2.35. The molecule has 1 aromatic heterocycles. The standard InChI is InChI=1S/C20H20F3N3O3S/c1-12-8-13(2)25-19(15(12)10-24)30-11-18(27)26-16-9-14(20(21,22)23)4-5-17(16)29-7-6-28-3/h4-5,8-9H,6-7,11H2,1-3H3,(H,26,27). The van der Waals surface area contributed by atoms with Gasteiger partial charge in [0, 0.05) is 12.8 Å². The fraction of sp³-hybridized carbons (Fsp3) is 0.350. The molecule has 10 heteroatoms. The van der Waals surface area contributed by atoms with Gasteiger partial charge in [-0.3, -0.25) is 4.79 Å². The Morgan fingerprint density at radius 1 is 1.27 bits per heavy atom. The van der Waals surface area contributed by atoms with Crippen LogP contribution in [0.2, 0.25) is 0 Å². The van der Waals surface area contributed by atoms with Crippen molar-refractivity contribution in [2.24, 2.45) is 0 Å². The number of aryl methyl sites for hydroxylation is 2. The van der Waals surface area contributed by atoms with E-state index < -0.39 is 17.6 Å². The Bertz CT molecular complexity index is 959. The lowest BCUT2D eigenvalue weighted by atomic mass is 10.1. The number of pyridine rings is 1. The molecule has 0 unspecified atom stereocenters. The number of carbonyl (C=O) groups excluding carboxylic acids is 1. The highest BCUT2D eigenvalue weighted by Gasteiger charge is 2.31. The molecule has 1 N–H and O–H groups in total. The fourth-order valence-corrected chi connectivity index (χ4v) is 3.43. The number of thioether (sulfide) groups is 1. The van der Waals surface area contributed by atoms with Crippen LogP contribution in [-0.4, -0.2) is 37.0 Å². The highest BCUT2D eigenvalue weighted by atomic mass is 32.2. The van der Waals surface area contributed by atoms with Gasteiger partial charge in [0.15, 0.2) is 0 Å². The molecule has 0 aliphatic heterocycles. The van der Waals surface area contributed by atoms with Crippen molar-refractivity contribution in [3.63, 3.8) is 0 Å². The summed E-state index contributed by atoms with van der Waals surface area (Å²) in [5.41, 5.74) is 0.787. The minimum Gasteiger partial charge on any atom is -0.489 e. The van der Waals surface area contributed by atoms with Crippen molar-refractivity contribution in [2.45, 2.75) is 25.0 Å². The summed E-state index contributed by atoms with van der Waals surface area (Å²) in [4.78, 5) is 16.7. The molecule has 0 spiro atoms. The highest BCUT2D eigenvalue weighted by molar-refractivity contribution is 8.00. The zero-order chi connectivity index (χ0) is 22.3. The van der Waals surface area contributed by atoms with Crippen LogP contribution >= 0.6 is 11.8 Å². The summed E-state index contributed by atoms with van der Waals surface area (Å²) in [5, 5.41) is 12.1. The summed E-state index contributed by atoms with van der Waals surface area (Å²) in [7, 11) is 1.46. The van der Waals surface area contributed by atoms with E-state index >= 15 is 0 Å². The van der Waals surface area contributed by atoms with Crippen LogP contribution in [0.1, 0.15) is 22.4 Å². The van der Waals surface area contributed by atoms with Gasteiger partial charge in [-0.1, -0.05) is 11.8 Å². The number of aromatic nitrogens is 1. The number of ether oxygens (including phenoxy) is 2. The molecule has 1 aromatic carbocycles. The Balaban J connectivity index is 2.18. The number of amides is 1. The molecule has 1 amide bonds. The number of nitriles is 1. The third kappa shape index (κ3) is 6.37. The monoisotopic (exact) mass is 439 g/mol. The van der Waals surface area contributed by atoms with Gasteiger partial charge in [-0.05, 0) is 43.7 Å². The lowest BCUT2D eigenvalue weighted by Crippen LogP contribution is -2.17. The first-order chi connectivity index (χ1) is 14.2. The van der Waals surface area contributed by atoms with Crippen molar-refractivity contribution >= 4 is 23.4 Å². The van der Waals surface area contributed by atoms with Crippen molar-refractivity contribution in [3.8, 4) is 11.8 Å². The van der Waals surface area contributed by atoms with E-state index in [9.17, 15) is 23.2 Å². The third-order valence-electron chi connectivity index (χ3n) is 3.89. The van der Waals surface area contributed by atoms with Crippen LogP contribution in [-0.2, 0) is 15.7 Å². The van der Waals surface area contributed by atoms with E-state index in [4.69, 9.17) is 9.47 Å². The number of benzene rings is 1. The van der Waals surface area contributed by atoms with Gasteiger partial charge in [0.1, 0.15) is 23.5 Å². The molecule has 2 rings (SSSR count). The SMILES string of the molecule is COCCOc1ccc(C(F)(F)F)cc1NC(=O)CSc1nc(C)cc(C)c1C#N. The molecule has 1 heterocycles. The predicted octanol–water partition coefficient (Wildman–Crippen LogP) is 4.34. The molecule has 160 valence electrons. The zero-order valence-electron chi connectivity index (χ0n) is 16.6. The van der Waals surface area contributed by atoms with Crippen molar-refractivity contribution in [2.75, 3.05) is 31.4 Å². The molecule has 0 aliphatic rings. The van der Waals surface area contributed by atoms with Gasteiger partial charge in [-0.2, -0.15) is 18.4 Å². The Labute approximate surface area is 176 Å². The van der Waals surface area contributed by atoms with Crippen LogP contribution in [0.4, 0.5) is 18.9 Å². The van der Waals surface area contributed by atoms with Crippen LogP contribution in [0.5, 0.6) is 5.75 Å². The van der Waals surface area contributed by atoms with Crippen LogP contribution in [0, 0.1) is 25.2 Å². The van der Waals surface area contributed by atoms with Gasteiger partial charge in [0.05, 0.1) is 29.2 Å². The Hall–Kier alpha value is -2.77. The molecule has 0 saturated heterocycles. The number of alkyl halides is 3. The number of hydrogen-bond donors (Lipinski definition) is 1. The molecule has 6 nitrogen and oxygen atoms in total. The number of carbonyl (C=O) groups is 1. The summed E-state index contributed by atoms with van der Waals surface area (Å²) >= 11 is 1.04. The van der Waals surface area contributed by atoms with E-state index in [2.05, 4.69) is 16.4 Å². The summed E-state index contributed by atoms with van der Waals surface area (Å²) in [6.45, 7) is 3.88. The smallest absolute Gasteiger partial charge is 0.416 e. The van der Waals surface area contributed by atoms with E-state index in [1.165, 1.54) is 7.11 Å². The zero-order valence-corrected chi connectivity index (χ0v) is 17.4. The van der Waals surface area contributed by atoms with Gasteiger partial charge in [-0.15, -0.1) is 0 Å². The minimum atomic E-state index is -4.57. The quantitative estimate of drug-likeness (QED) is 0.487. The normalized spacial score (nSPS) is 11.1. The van der Waals surface area contributed by atoms with Crippen molar-refractivity contribution in [1.29, 1.82) is 5.26 Å². The Morgan fingerprint density at radius 3 is 2.63 bits per heavy atom. The molecule has 0 atom stereocenters. The maximum absolute atomic E-state index is 13.1. The predicted molar refractivity (Wildman–Crippen MR) is 107 cm³/mol. The van der Waals surface area contributed by atoms with Crippen LogP contribution in [0.3, 0.4) is 0 Å². The van der Waals surface area contributed by atoms with Crippen LogP contribution in [0.15, 0.2) is 29.3 Å². The van der Waals surface area contributed by atoms with Crippen molar-refractivity contribution in [3.05, 3.63) is 46.6 Å². The first-order valence-electron chi connectivity index (χ1n) is 8.79. The van der Waals surface area contributed by atoms with Gasteiger partial charge < -0.3 is 14.8 Å². The maximum atomic E-state index is 13.1. The molecular weight excluding hydrogens is 419 g/mol. The molecule has 0 saturated carbocycles. The Kier molecular flexibility index (Phi) is 8.08. The second-order valence-electron chi connectivity index (χ2n) is 6.26. The number of halogens is 3. The first-order valence-corrected chi connectivity index (χ1v) is 9.78. The summed E-state index contributed by atoms with van der Waals surface area (Å²) in [6.07, 6.45) is -4.57. The first kappa shape index (κ1) is 23.5. The van der Waals surface area contributed by atoms with E-state index in [-0.39, 0.29) is 30.4 Å². The number of anilines is 1. The summed E-state index contributed by atoms with van der Waals surface area (Å²) in [5.74, 6) is -0.598. The van der Waals surface area contributed by atoms with E-state index in [1.807, 2.05) is 0 Å². The maximum Gasteiger partial charge on any atom is 0.416 e. The molecule has 0 fully saturated rings. The largest absolute Gasteiger partial charge is 0.489 e. The number of hydrogen-bond acceptors (Lipinski definition) is 6. The van der Waals surface area contributed by atoms with Crippen molar-refractivity contribution in [1.82, 2.24) is 4.98 Å². The number of methoxy groups -OCH3 is 1. The molecule has 0 aliphatic carbocycles. The summed E-state index contributed by atoms with van der Waals surface area (Å²) < 4.78 is 49.4. The van der Waals surface area contributed by atoms with Gasteiger partial charge in [0.2, 0.25) is 5.91 Å².